The second kappa shape index (κ2) is 5.48. The quantitative estimate of drug-likeness (QED) is 0.636. The zero-order valence-electron chi connectivity index (χ0n) is 9.67. The fraction of sp³-hybridized carbons (Fsp3) is 0.385. The Morgan fingerprint density at radius 3 is 2.76 bits per heavy atom. The van der Waals surface area contributed by atoms with Crippen LogP contribution in [0.1, 0.15) is 18.4 Å². The molecule has 1 aromatic carbocycles. The largest absolute Gasteiger partial charge is 0.411 e. The standard InChI is InChI=1S/C13H16N2O2/c16-13(15-9-8-12(10-15)14-17)7-6-11-4-2-1-3-5-11/h1-5,17H,6-10H2. The Morgan fingerprint density at radius 2 is 2.12 bits per heavy atom. The molecule has 0 unspecified atom stereocenters. The van der Waals surface area contributed by atoms with E-state index in [-0.39, 0.29) is 5.91 Å². The minimum atomic E-state index is 0.132. The SMILES string of the molecule is O=C(CCc1ccccc1)N1CCC(=NO)C1. The van der Waals surface area contributed by atoms with Crippen molar-refractivity contribution in [1.29, 1.82) is 0 Å². The van der Waals surface area contributed by atoms with Gasteiger partial charge in [-0.1, -0.05) is 35.5 Å². The zero-order chi connectivity index (χ0) is 12.1. The monoisotopic (exact) mass is 232 g/mol. The highest BCUT2D eigenvalue weighted by molar-refractivity contribution is 5.92. The third-order valence-corrected chi connectivity index (χ3v) is 3.01. The summed E-state index contributed by atoms with van der Waals surface area (Å²) >= 11 is 0. The van der Waals surface area contributed by atoms with Crippen molar-refractivity contribution in [3.63, 3.8) is 0 Å². The molecule has 0 spiro atoms. The zero-order valence-corrected chi connectivity index (χ0v) is 9.67. The molecule has 1 aliphatic heterocycles. The molecule has 4 heteroatoms. The molecule has 0 atom stereocenters. The van der Waals surface area contributed by atoms with Gasteiger partial charge in [-0.25, -0.2) is 0 Å². The number of carbonyl (C=O) groups is 1. The van der Waals surface area contributed by atoms with Crippen molar-refractivity contribution in [2.45, 2.75) is 19.3 Å². The Bertz CT molecular complexity index is 415. The summed E-state index contributed by atoms with van der Waals surface area (Å²) in [6.45, 7) is 1.15. The van der Waals surface area contributed by atoms with Crippen molar-refractivity contribution in [1.82, 2.24) is 4.90 Å². The van der Waals surface area contributed by atoms with E-state index >= 15 is 0 Å². The van der Waals surface area contributed by atoms with E-state index in [0.29, 0.717) is 31.6 Å². The number of rotatable bonds is 3. The van der Waals surface area contributed by atoms with Gasteiger partial charge in [0.1, 0.15) is 0 Å². The number of nitrogens with zero attached hydrogens (tertiary/aromatic N) is 2. The molecule has 90 valence electrons. The van der Waals surface area contributed by atoms with Crippen molar-refractivity contribution >= 4 is 11.6 Å². The van der Waals surface area contributed by atoms with Crippen molar-refractivity contribution in [3.05, 3.63) is 35.9 Å². The van der Waals surface area contributed by atoms with E-state index in [2.05, 4.69) is 5.16 Å². The van der Waals surface area contributed by atoms with Gasteiger partial charge in [-0.3, -0.25) is 4.79 Å². The second-order valence-electron chi connectivity index (χ2n) is 4.22. The molecule has 4 nitrogen and oxygen atoms in total. The summed E-state index contributed by atoms with van der Waals surface area (Å²) in [5, 5.41) is 11.8. The average molecular weight is 232 g/mol. The number of hydrogen-bond acceptors (Lipinski definition) is 3. The summed E-state index contributed by atoms with van der Waals surface area (Å²) in [6.07, 6.45) is 1.97. The highest BCUT2D eigenvalue weighted by Gasteiger charge is 2.22. The Morgan fingerprint density at radius 1 is 1.35 bits per heavy atom. The summed E-state index contributed by atoms with van der Waals surface area (Å²) in [4.78, 5) is 13.6. The van der Waals surface area contributed by atoms with Crippen LogP contribution in [0.15, 0.2) is 35.5 Å². The van der Waals surface area contributed by atoms with Gasteiger partial charge in [0.05, 0.1) is 12.3 Å². The predicted octanol–water partition coefficient (Wildman–Crippen LogP) is 1.68. The molecule has 1 heterocycles. The Labute approximate surface area is 101 Å². The lowest BCUT2D eigenvalue weighted by atomic mass is 10.1. The number of amides is 1. The molecule has 0 radical (unpaired) electrons. The Balaban J connectivity index is 1.82. The third kappa shape index (κ3) is 3.06. The summed E-state index contributed by atoms with van der Waals surface area (Å²) in [6, 6.07) is 9.98. The molecule has 1 saturated heterocycles. The lowest BCUT2D eigenvalue weighted by molar-refractivity contribution is -0.129. The summed E-state index contributed by atoms with van der Waals surface area (Å²) in [7, 11) is 0. The molecule has 2 rings (SSSR count). The Kier molecular flexibility index (Phi) is 3.75. The molecular weight excluding hydrogens is 216 g/mol. The molecule has 17 heavy (non-hydrogen) atoms. The van der Waals surface area contributed by atoms with Gasteiger partial charge in [-0.2, -0.15) is 0 Å². The van der Waals surface area contributed by atoms with E-state index in [1.807, 2.05) is 30.3 Å². The van der Waals surface area contributed by atoms with Gasteiger partial charge in [0.2, 0.25) is 5.91 Å². The van der Waals surface area contributed by atoms with Gasteiger partial charge in [0.15, 0.2) is 0 Å². The molecule has 1 aliphatic rings. The molecular formula is C13H16N2O2. The fourth-order valence-electron chi connectivity index (χ4n) is 1.99. The normalized spacial score (nSPS) is 17.6. The van der Waals surface area contributed by atoms with Gasteiger partial charge < -0.3 is 10.1 Å². The molecule has 1 fully saturated rings. The van der Waals surface area contributed by atoms with Crippen LogP contribution in [0, 0.1) is 0 Å². The van der Waals surface area contributed by atoms with Gasteiger partial charge in [0.25, 0.3) is 0 Å². The third-order valence-electron chi connectivity index (χ3n) is 3.01. The van der Waals surface area contributed by atoms with E-state index in [4.69, 9.17) is 5.21 Å². The van der Waals surface area contributed by atoms with Crippen LogP contribution in [0.3, 0.4) is 0 Å². The maximum absolute atomic E-state index is 11.9. The van der Waals surface area contributed by atoms with Crippen LogP contribution in [-0.2, 0) is 11.2 Å². The van der Waals surface area contributed by atoms with E-state index < -0.39 is 0 Å². The van der Waals surface area contributed by atoms with E-state index in [1.54, 1.807) is 4.90 Å². The number of likely N-dealkylation sites (tertiary alicyclic amines) is 1. The van der Waals surface area contributed by atoms with Gasteiger partial charge >= 0.3 is 0 Å². The van der Waals surface area contributed by atoms with Gasteiger partial charge in [0, 0.05) is 19.4 Å². The summed E-state index contributed by atoms with van der Waals surface area (Å²) < 4.78 is 0. The number of oxime groups is 1. The molecule has 1 aromatic rings. The molecule has 0 aliphatic carbocycles. The number of benzene rings is 1. The van der Waals surface area contributed by atoms with Crippen LogP contribution in [0.2, 0.25) is 0 Å². The van der Waals surface area contributed by atoms with Crippen LogP contribution in [0.25, 0.3) is 0 Å². The lowest BCUT2D eigenvalue weighted by Crippen LogP contribution is -2.28. The predicted molar refractivity (Wildman–Crippen MR) is 65.2 cm³/mol. The summed E-state index contributed by atoms with van der Waals surface area (Å²) in [5.41, 5.74) is 1.87. The molecule has 0 bridgehead atoms. The van der Waals surface area contributed by atoms with E-state index in [1.165, 1.54) is 5.56 Å². The van der Waals surface area contributed by atoms with Crippen molar-refractivity contribution in [2.24, 2.45) is 5.16 Å². The first-order valence-electron chi connectivity index (χ1n) is 5.81. The smallest absolute Gasteiger partial charge is 0.223 e. The first-order chi connectivity index (χ1) is 8.29. The molecule has 1 N–H and O–H groups in total. The number of hydrogen-bond donors (Lipinski definition) is 1. The van der Waals surface area contributed by atoms with Gasteiger partial charge in [-0.15, -0.1) is 0 Å². The minimum absolute atomic E-state index is 0.132. The van der Waals surface area contributed by atoms with Gasteiger partial charge in [-0.05, 0) is 12.0 Å². The number of aryl methyl sites for hydroxylation is 1. The fourth-order valence-corrected chi connectivity index (χ4v) is 1.99. The highest BCUT2D eigenvalue weighted by Crippen LogP contribution is 2.10. The van der Waals surface area contributed by atoms with Crippen molar-refractivity contribution < 1.29 is 10.0 Å². The van der Waals surface area contributed by atoms with Crippen LogP contribution in [0.4, 0.5) is 0 Å². The maximum atomic E-state index is 11.9. The molecule has 1 amide bonds. The lowest BCUT2D eigenvalue weighted by Gasteiger charge is -2.14. The first-order valence-corrected chi connectivity index (χ1v) is 5.81. The average Bonchev–Trinajstić information content (AvgIpc) is 2.86. The highest BCUT2D eigenvalue weighted by atomic mass is 16.4. The second-order valence-corrected chi connectivity index (χ2v) is 4.22. The van der Waals surface area contributed by atoms with Crippen LogP contribution < -0.4 is 0 Å². The van der Waals surface area contributed by atoms with Crippen molar-refractivity contribution in [3.8, 4) is 0 Å². The Hall–Kier alpha value is -1.84. The summed E-state index contributed by atoms with van der Waals surface area (Å²) in [5.74, 6) is 0.132. The van der Waals surface area contributed by atoms with Crippen LogP contribution >= 0.6 is 0 Å². The topological polar surface area (TPSA) is 52.9 Å². The molecule has 0 aromatic heterocycles. The van der Waals surface area contributed by atoms with Crippen LogP contribution in [0.5, 0.6) is 0 Å². The first kappa shape index (κ1) is 11.6. The van der Waals surface area contributed by atoms with E-state index in [0.717, 1.165) is 6.42 Å². The van der Waals surface area contributed by atoms with Crippen LogP contribution in [-0.4, -0.2) is 34.8 Å². The van der Waals surface area contributed by atoms with E-state index in [9.17, 15) is 4.79 Å². The number of carbonyl (C=O) groups excluding carboxylic acids is 1. The maximum Gasteiger partial charge on any atom is 0.223 e. The molecule has 0 saturated carbocycles. The minimum Gasteiger partial charge on any atom is -0.411 e. The van der Waals surface area contributed by atoms with Crippen molar-refractivity contribution in [2.75, 3.05) is 13.1 Å².